The van der Waals surface area contributed by atoms with Crippen molar-refractivity contribution < 1.29 is 14.4 Å². The summed E-state index contributed by atoms with van der Waals surface area (Å²) in [4.78, 5) is 42.2. The Balaban J connectivity index is 1.56. The Morgan fingerprint density at radius 2 is 1.89 bits per heavy atom. The number of nitrogens with zero attached hydrogens (tertiary/aromatic N) is 2. The molecule has 0 bridgehead atoms. The van der Waals surface area contributed by atoms with Gasteiger partial charge in [0.2, 0.25) is 5.91 Å². The predicted molar refractivity (Wildman–Crippen MR) is 100 cm³/mol. The van der Waals surface area contributed by atoms with E-state index in [1.54, 1.807) is 42.6 Å². The molecule has 0 unspecified atom stereocenters. The Morgan fingerprint density at radius 3 is 2.59 bits per heavy atom. The second-order valence-electron chi connectivity index (χ2n) is 5.97. The van der Waals surface area contributed by atoms with Gasteiger partial charge >= 0.3 is 6.03 Å². The second-order valence-corrected chi connectivity index (χ2v) is 6.41. The summed E-state index contributed by atoms with van der Waals surface area (Å²) in [6.45, 7) is 0.424. The zero-order chi connectivity index (χ0) is 19.2. The maximum atomic E-state index is 12.5. The molecule has 0 radical (unpaired) electrons. The molecule has 0 saturated carbocycles. The van der Waals surface area contributed by atoms with E-state index in [-0.39, 0.29) is 5.91 Å². The Hall–Kier alpha value is -3.13. The molecule has 3 N–H and O–H groups in total. The van der Waals surface area contributed by atoms with E-state index in [4.69, 9.17) is 11.6 Å². The van der Waals surface area contributed by atoms with E-state index in [1.165, 1.54) is 11.1 Å². The molecule has 0 spiro atoms. The number of hydrogen-bond donors (Lipinski definition) is 3. The van der Waals surface area contributed by atoms with Crippen LogP contribution >= 0.6 is 11.6 Å². The summed E-state index contributed by atoms with van der Waals surface area (Å²) in [5, 5.41) is 3.25. The summed E-state index contributed by atoms with van der Waals surface area (Å²) >= 11 is 5.78. The maximum absolute atomic E-state index is 12.5. The molecule has 1 atom stereocenters. The van der Waals surface area contributed by atoms with E-state index in [0.717, 1.165) is 0 Å². The fourth-order valence-electron chi connectivity index (χ4n) is 2.80. The molecule has 1 fully saturated rings. The van der Waals surface area contributed by atoms with Crippen LogP contribution < -0.4 is 16.2 Å². The van der Waals surface area contributed by atoms with Gasteiger partial charge < -0.3 is 10.2 Å². The molecule has 140 valence electrons. The first-order valence-electron chi connectivity index (χ1n) is 8.38. The van der Waals surface area contributed by atoms with Crippen LogP contribution in [0.3, 0.4) is 0 Å². The highest BCUT2D eigenvalue weighted by atomic mass is 35.5. The van der Waals surface area contributed by atoms with Crippen molar-refractivity contribution in [2.75, 3.05) is 11.9 Å². The zero-order valence-corrected chi connectivity index (χ0v) is 15.1. The number of carbonyl (C=O) groups is 3. The molecule has 1 aliphatic rings. The van der Waals surface area contributed by atoms with Crippen molar-refractivity contribution in [1.29, 1.82) is 0 Å². The van der Waals surface area contributed by atoms with Gasteiger partial charge in [-0.05, 0) is 49.2 Å². The molecule has 1 aromatic carbocycles. The number of halogens is 1. The van der Waals surface area contributed by atoms with Gasteiger partial charge in [-0.25, -0.2) is 10.2 Å². The number of likely N-dealkylation sites (tertiary alicyclic amines) is 1. The van der Waals surface area contributed by atoms with Gasteiger partial charge in [-0.1, -0.05) is 11.6 Å². The SMILES string of the molecule is O=C(NNC(=O)N1CCC[C@H]1C(=O)Nc1cccnc1)c1ccc(Cl)cc1. The molecule has 9 heteroatoms. The topological polar surface area (TPSA) is 103 Å². The van der Waals surface area contributed by atoms with Crippen molar-refractivity contribution in [3.05, 3.63) is 59.4 Å². The number of hydrogen-bond acceptors (Lipinski definition) is 4. The zero-order valence-electron chi connectivity index (χ0n) is 14.3. The molecule has 1 aromatic heterocycles. The van der Waals surface area contributed by atoms with Gasteiger partial charge in [-0.2, -0.15) is 0 Å². The van der Waals surface area contributed by atoms with Crippen molar-refractivity contribution in [2.45, 2.75) is 18.9 Å². The summed E-state index contributed by atoms with van der Waals surface area (Å²) in [6, 6.07) is 8.53. The van der Waals surface area contributed by atoms with Crippen LogP contribution in [0.4, 0.5) is 10.5 Å². The van der Waals surface area contributed by atoms with Crippen LogP contribution in [0.5, 0.6) is 0 Å². The lowest BCUT2D eigenvalue weighted by Gasteiger charge is -2.24. The van der Waals surface area contributed by atoms with E-state index in [1.807, 2.05) is 0 Å². The molecule has 3 rings (SSSR count). The lowest BCUT2D eigenvalue weighted by molar-refractivity contribution is -0.119. The fourth-order valence-corrected chi connectivity index (χ4v) is 2.93. The minimum absolute atomic E-state index is 0.292. The summed E-state index contributed by atoms with van der Waals surface area (Å²) in [5.74, 6) is -0.768. The first-order valence-corrected chi connectivity index (χ1v) is 8.76. The van der Waals surface area contributed by atoms with E-state index in [0.29, 0.717) is 35.7 Å². The molecule has 2 aromatic rings. The van der Waals surface area contributed by atoms with E-state index in [2.05, 4.69) is 21.2 Å². The van der Waals surface area contributed by atoms with Crippen molar-refractivity contribution in [3.8, 4) is 0 Å². The van der Waals surface area contributed by atoms with Crippen molar-refractivity contribution in [2.24, 2.45) is 0 Å². The number of rotatable bonds is 3. The Kier molecular flexibility index (Phi) is 5.87. The molecule has 4 amide bonds. The number of hydrazine groups is 1. The van der Waals surface area contributed by atoms with Gasteiger partial charge in [0, 0.05) is 23.3 Å². The highest BCUT2D eigenvalue weighted by Gasteiger charge is 2.34. The molecule has 2 heterocycles. The number of urea groups is 1. The highest BCUT2D eigenvalue weighted by Crippen LogP contribution is 2.19. The lowest BCUT2D eigenvalue weighted by Crippen LogP contribution is -2.52. The van der Waals surface area contributed by atoms with Crippen molar-refractivity contribution in [3.63, 3.8) is 0 Å². The summed E-state index contributed by atoms with van der Waals surface area (Å²) in [6.07, 6.45) is 4.38. The van der Waals surface area contributed by atoms with Crippen LogP contribution in [0.15, 0.2) is 48.8 Å². The fraction of sp³-hybridized carbons (Fsp3) is 0.222. The number of amides is 4. The quantitative estimate of drug-likeness (QED) is 0.702. The average Bonchev–Trinajstić information content (AvgIpc) is 3.17. The molecular weight excluding hydrogens is 370 g/mol. The number of benzene rings is 1. The number of anilines is 1. The second kappa shape index (κ2) is 8.50. The molecule has 27 heavy (non-hydrogen) atoms. The summed E-state index contributed by atoms with van der Waals surface area (Å²) < 4.78 is 0. The van der Waals surface area contributed by atoms with Gasteiger partial charge in [0.1, 0.15) is 6.04 Å². The van der Waals surface area contributed by atoms with E-state index >= 15 is 0 Å². The summed E-state index contributed by atoms with van der Waals surface area (Å²) in [7, 11) is 0. The van der Waals surface area contributed by atoms with Crippen molar-refractivity contribution >= 4 is 35.1 Å². The normalized spacial score (nSPS) is 15.9. The largest absolute Gasteiger partial charge is 0.336 e. The van der Waals surface area contributed by atoms with Crippen LogP contribution in [0.1, 0.15) is 23.2 Å². The smallest absolute Gasteiger partial charge is 0.323 e. The third-order valence-corrected chi connectivity index (χ3v) is 4.39. The molecule has 1 saturated heterocycles. The van der Waals surface area contributed by atoms with E-state index < -0.39 is 18.0 Å². The van der Waals surface area contributed by atoms with Crippen LogP contribution in [0.25, 0.3) is 0 Å². The minimum atomic E-state index is -0.613. The number of carbonyl (C=O) groups excluding carboxylic acids is 3. The van der Waals surface area contributed by atoms with Crippen molar-refractivity contribution in [1.82, 2.24) is 20.7 Å². The van der Waals surface area contributed by atoms with Gasteiger partial charge in [0.25, 0.3) is 5.91 Å². The third kappa shape index (κ3) is 4.73. The molecular formula is C18H18ClN5O3. The van der Waals surface area contributed by atoms with Gasteiger partial charge in [0.05, 0.1) is 11.9 Å². The average molecular weight is 388 g/mol. The molecule has 0 aliphatic carbocycles. The molecule has 1 aliphatic heterocycles. The Labute approximate surface area is 160 Å². The maximum Gasteiger partial charge on any atom is 0.336 e. The van der Waals surface area contributed by atoms with Gasteiger partial charge in [0.15, 0.2) is 0 Å². The van der Waals surface area contributed by atoms with Crippen LogP contribution in [0, 0.1) is 0 Å². The highest BCUT2D eigenvalue weighted by molar-refractivity contribution is 6.30. The van der Waals surface area contributed by atoms with Gasteiger partial charge in [-0.15, -0.1) is 0 Å². The number of aromatic nitrogens is 1. The molecule has 8 nitrogen and oxygen atoms in total. The first kappa shape index (κ1) is 18.7. The van der Waals surface area contributed by atoms with Gasteiger partial charge in [-0.3, -0.25) is 20.0 Å². The van der Waals surface area contributed by atoms with Crippen LogP contribution in [-0.4, -0.2) is 40.3 Å². The summed E-state index contributed by atoms with van der Waals surface area (Å²) in [5.41, 5.74) is 5.60. The minimum Gasteiger partial charge on any atom is -0.323 e. The van der Waals surface area contributed by atoms with Crippen LogP contribution in [0.2, 0.25) is 5.02 Å². The number of pyridine rings is 1. The monoisotopic (exact) mass is 387 g/mol. The Morgan fingerprint density at radius 1 is 1.11 bits per heavy atom. The predicted octanol–water partition coefficient (Wildman–Crippen LogP) is 2.19. The standard InChI is InChI=1S/C18H18ClN5O3/c19-13-7-5-12(6-8-13)16(25)22-23-18(27)24-10-2-4-15(24)17(26)21-14-3-1-9-20-11-14/h1,3,5-9,11,15H,2,4,10H2,(H,21,26)(H,22,25)(H,23,27)/t15-/m0/s1. The van der Waals surface area contributed by atoms with E-state index in [9.17, 15) is 14.4 Å². The number of nitrogens with one attached hydrogen (secondary N) is 3. The third-order valence-electron chi connectivity index (χ3n) is 4.13. The van der Waals surface area contributed by atoms with Crippen LogP contribution in [-0.2, 0) is 4.79 Å². The Bertz CT molecular complexity index is 829. The first-order chi connectivity index (χ1) is 13.0. The lowest BCUT2D eigenvalue weighted by atomic mass is 10.2.